The van der Waals surface area contributed by atoms with Crippen LogP contribution in [0.3, 0.4) is 0 Å². The predicted octanol–water partition coefficient (Wildman–Crippen LogP) is 2.59. The number of aliphatic carboxylic acids is 1. The van der Waals surface area contributed by atoms with E-state index in [9.17, 15) is 9.90 Å². The van der Waals surface area contributed by atoms with Crippen LogP contribution in [0.1, 0.15) is 29.7 Å². The summed E-state index contributed by atoms with van der Waals surface area (Å²) in [5.41, 5.74) is 0.998. The number of nitrogens with one attached hydrogen (secondary N) is 1. The first kappa shape index (κ1) is 16.4. The van der Waals surface area contributed by atoms with Gasteiger partial charge in [0.25, 0.3) is 0 Å². The highest BCUT2D eigenvalue weighted by molar-refractivity contribution is 7.16. The first-order valence-electron chi connectivity index (χ1n) is 7.70. The zero-order chi connectivity index (χ0) is 16.9. The summed E-state index contributed by atoms with van der Waals surface area (Å²) >= 11 is 1.26. The van der Waals surface area contributed by atoms with Gasteiger partial charge in [-0.1, -0.05) is 17.8 Å². The third kappa shape index (κ3) is 3.88. The van der Waals surface area contributed by atoms with E-state index < -0.39 is 12.0 Å². The second-order valence-corrected chi connectivity index (χ2v) is 6.67. The number of carboxylic acid groups (broad SMARTS) is 1. The maximum atomic E-state index is 11.4. The summed E-state index contributed by atoms with van der Waals surface area (Å²) in [6, 6.07) is 5.41. The quantitative estimate of drug-likeness (QED) is 0.860. The smallest absolute Gasteiger partial charge is 0.320 e. The van der Waals surface area contributed by atoms with Crippen molar-refractivity contribution in [2.24, 2.45) is 0 Å². The average molecular weight is 343 g/mol. The third-order valence-electron chi connectivity index (χ3n) is 3.96. The van der Waals surface area contributed by atoms with E-state index in [0.717, 1.165) is 24.9 Å². The van der Waals surface area contributed by atoms with Crippen LogP contribution in [0.2, 0.25) is 0 Å². The molecule has 3 rings (SSSR count). The molecule has 24 heavy (non-hydrogen) atoms. The SMILES string of the molecule is N#Cc1cnc(Nc2cc(CN3CCCCC3C(=O)O)ccn2)s1. The predicted molar refractivity (Wildman–Crippen MR) is 90.0 cm³/mol. The van der Waals surface area contributed by atoms with Gasteiger partial charge in [0, 0.05) is 12.7 Å². The molecule has 1 aliphatic heterocycles. The minimum atomic E-state index is -0.756. The van der Waals surface area contributed by atoms with Gasteiger partial charge in [-0.25, -0.2) is 9.97 Å². The van der Waals surface area contributed by atoms with Gasteiger partial charge in [-0.05, 0) is 37.1 Å². The number of thiazole rings is 1. The van der Waals surface area contributed by atoms with Gasteiger partial charge in [0.1, 0.15) is 22.8 Å². The summed E-state index contributed by atoms with van der Waals surface area (Å²) in [6.07, 6.45) is 5.89. The minimum absolute atomic E-state index is 0.416. The minimum Gasteiger partial charge on any atom is -0.480 e. The van der Waals surface area contributed by atoms with Gasteiger partial charge in [0.2, 0.25) is 0 Å². The molecule has 2 aromatic heterocycles. The van der Waals surface area contributed by atoms with Crippen LogP contribution in [0.4, 0.5) is 10.9 Å². The molecular weight excluding hydrogens is 326 g/mol. The number of pyridine rings is 1. The lowest BCUT2D eigenvalue weighted by atomic mass is 10.0. The molecule has 1 unspecified atom stereocenters. The van der Waals surface area contributed by atoms with Crippen LogP contribution in [0.15, 0.2) is 24.5 Å². The van der Waals surface area contributed by atoms with Crippen molar-refractivity contribution in [3.63, 3.8) is 0 Å². The Labute approximate surface area is 143 Å². The Bertz CT molecular complexity index is 770. The van der Waals surface area contributed by atoms with E-state index in [1.807, 2.05) is 23.1 Å². The summed E-state index contributed by atoms with van der Waals surface area (Å²) in [5, 5.41) is 21.9. The second-order valence-electron chi connectivity index (χ2n) is 5.64. The normalized spacial score (nSPS) is 18.0. The van der Waals surface area contributed by atoms with Gasteiger partial charge in [0.15, 0.2) is 5.13 Å². The van der Waals surface area contributed by atoms with Gasteiger partial charge in [-0.3, -0.25) is 9.69 Å². The molecule has 2 N–H and O–H groups in total. The Morgan fingerprint density at radius 1 is 1.50 bits per heavy atom. The van der Waals surface area contributed by atoms with Crippen LogP contribution >= 0.6 is 11.3 Å². The number of piperidine rings is 1. The molecule has 0 aliphatic carbocycles. The van der Waals surface area contributed by atoms with Crippen LogP contribution in [-0.2, 0) is 11.3 Å². The van der Waals surface area contributed by atoms with E-state index >= 15 is 0 Å². The molecule has 1 aliphatic rings. The molecule has 0 spiro atoms. The van der Waals surface area contributed by atoms with E-state index in [1.54, 1.807) is 6.20 Å². The molecule has 0 amide bonds. The number of hydrogen-bond acceptors (Lipinski definition) is 7. The van der Waals surface area contributed by atoms with Crippen LogP contribution in [0.25, 0.3) is 0 Å². The standard InChI is InChI=1S/C16H17N5O2S/c17-8-12-9-19-16(24-12)20-14-7-11(4-5-18-14)10-21-6-2-1-3-13(21)15(22)23/h4-5,7,9,13H,1-3,6,10H2,(H,22,23)(H,18,19,20). The van der Waals surface area contributed by atoms with Gasteiger partial charge < -0.3 is 10.4 Å². The molecule has 0 aromatic carbocycles. The molecule has 3 heterocycles. The lowest BCUT2D eigenvalue weighted by molar-refractivity contribution is -0.144. The maximum absolute atomic E-state index is 11.4. The average Bonchev–Trinajstić information content (AvgIpc) is 3.03. The summed E-state index contributed by atoms with van der Waals surface area (Å²) < 4.78 is 0. The molecule has 124 valence electrons. The van der Waals surface area contributed by atoms with Crippen molar-refractivity contribution in [3.05, 3.63) is 35.0 Å². The van der Waals surface area contributed by atoms with Gasteiger partial charge in [0.05, 0.1) is 6.20 Å². The number of nitriles is 1. The van der Waals surface area contributed by atoms with Gasteiger partial charge in [-0.15, -0.1) is 0 Å². The monoisotopic (exact) mass is 343 g/mol. The maximum Gasteiger partial charge on any atom is 0.320 e. The van der Waals surface area contributed by atoms with Crippen LogP contribution in [-0.4, -0.2) is 38.5 Å². The number of hydrogen-bond donors (Lipinski definition) is 2. The van der Waals surface area contributed by atoms with Crippen molar-refractivity contribution >= 4 is 28.3 Å². The number of rotatable bonds is 5. The number of carboxylic acids is 1. The second kappa shape index (κ2) is 7.38. The van der Waals surface area contributed by atoms with Crippen molar-refractivity contribution in [2.45, 2.75) is 31.8 Å². The van der Waals surface area contributed by atoms with Crippen molar-refractivity contribution in [2.75, 3.05) is 11.9 Å². The van der Waals surface area contributed by atoms with E-state index in [-0.39, 0.29) is 0 Å². The third-order valence-corrected chi connectivity index (χ3v) is 4.78. The Morgan fingerprint density at radius 3 is 3.12 bits per heavy atom. The van der Waals surface area contributed by atoms with E-state index in [0.29, 0.717) is 28.8 Å². The topological polar surface area (TPSA) is 102 Å². The number of anilines is 2. The van der Waals surface area contributed by atoms with Crippen molar-refractivity contribution in [1.82, 2.24) is 14.9 Å². The highest BCUT2D eigenvalue weighted by Crippen LogP contribution is 2.23. The lowest BCUT2D eigenvalue weighted by Crippen LogP contribution is -2.44. The van der Waals surface area contributed by atoms with E-state index in [2.05, 4.69) is 15.3 Å². The number of nitrogens with zero attached hydrogens (tertiary/aromatic N) is 4. The Morgan fingerprint density at radius 2 is 2.38 bits per heavy atom. The summed E-state index contributed by atoms with van der Waals surface area (Å²) in [7, 11) is 0. The first-order chi connectivity index (χ1) is 11.7. The molecule has 2 aromatic rings. The van der Waals surface area contributed by atoms with Crippen molar-refractivity contribution in [1.29, 1.82) is 5.26 Å². The largest absolute Gasteiger partial charge is 0.480 e. The molecule has 0 saturated carbocycles. The highest BCUT2D eigenvalue weighted by Gasteiger charge is 2.28. The molecule has 1 fully saturated rings. The fraction of sp³-hybridized carbons (Fsp3) is 0.375. The molecule has 1 atom stereocenters. The number of carbonyl (C=O) groups is 1. The highest BCUT2D eigenvalue weighted by atomic mass is 32.1. The van der Waals surface area contributed by atoms with Crippen LogP contribution in [0.5, 0.6) is 0 Å². The number of likely N-dealkylation sites (tertiary alicyclic amines) is 1. The fourth-order valence-corrected chi connectivity index (χ4v) is 3.45. The fourth-order valence-electron chi connectivity index (χ4n) is 2.83. The Hall–Kier alpha value is -2.50. The molecule has 0 bridgehead atoms. The molecular formula is C16H17N5O2S. The molecule has 1 saturated heterocycles. The summed E-state index contributed by atoms with van der Waals surface area (Å²) in [5.74, 6) is -0.121. The first-order valence-corrected chi connectivity index (χ1v) is 8.52. The van der Waals surface area contributed by atoms with E-state index in [1.165, 1.54) is 17.5 Å². The zero-order valence-electron chi connectivity index (χ0n) is 13.0. The van der Waals surface area contributed by atoms with E-state index in [4.69, 9.17) is 5.26 Å². The van der Waals surface area contributed by atoms with Crippen LogP contribution < -0.4 is 5.32 Å². The van der Waals surface area contributed by atoms with Crippen molar-refractivity contribution in [3.8, 4) is 6.07 Å². The molecule has 0 radical (unpaired) electrons. The van der Waals surface area contributed by atoms with Crippen molar-refractivity contribution < 1.29 is 9.90 Å². The zero-order valence-corrected chi connectivity index (χ0v) is 13.8. The lowest BCUT2D eigenvalue weighted by Gasteiger charge is -2.32. The summed E-state index contributed by atoms with van der Waals surface area (Å²) in [4.78, 5) is 22.3. The van der Waals surface area contributed by atoms with Gasteiger partial charge >= 0.3 is 5.97 Å². The summed E-state index contributed by atoms with van der Waals surface area (Å²) in [6.45, 7) is 1.37. The molecule has 8 heteroatoms. The number of aromatic nitrogens is 2. The van der Waals surface area contributed by atoms with Crippen LogP contribution in [0, 0.1) is 11.3 Å². The van der Waals surface area contributed by atoms with Gasteiger partial charge in [-0.2, -0.15) is 5.26 Å². The Kier molecular flexibility index (Phi) is 5.03. The molecule has 7 nitrogen and oxygen atoms in total. The Balaban J connectivity index is 1.70.